The van der Waals surface area contributed by atoms with E-state index in [2.05, 4.69) is 15.9 Å². The Kier molecular flexibility index (Phi) is 4.80. The highest BCUT2D eigenvalue weighted by Crippen LogP contribution is 2.27. The minimum absolute atomic E-state index is 0.125. The summed E-state index contributed by atoms with van der Waals surface area (Å²) in [5.74, 6) is -1.34. The first kappa shape index (κ1) is 14.3. The van der Waals surface area contributed by atoms with E-state index in [1.165, 1.54) is 18.2 Å². The van der Waals surface area contributed by atoms with Crippen LogP contribution in [0.1, 0.15) is 36.0 Å². The molecule has 0 bridgehead atoms. The zero-order valence-corrected chi connectivity index (χ0v) is 12.2. The molecule has 0 radical (unpaired) electrons. The van der Waals surface area contributed by atoms with E-state index in [0.29, 0.717) is 6.54 Å². The van der Waals surface area contributed by atoms with Gasteiger partial charge in [-0.3, -0.25) is 4.79 Å². The van der Waals surface area contributed by atoms with Crippen molar-refractivity contribution < 1.29 is 14.3 Å². The van der Waals surface area contributed by atoms with Gasteiger partial charge in [0.15, 0.2) is 0 Å². The summed E-state index contributed by atoms with van der Waals surface area (Å²) in [5.41, 5.74) is -0.205. The summed E-state index contributed by atoms with van der Waals surface area (Å²) < 4.78 is 13.8. The summed E-state index contributed by atoms with van der Waals surface area (Å²) in [6, 6.07) is 4.07. The summed E-state index contributed by atoms with van der Waals surface area (Å²) in [4.78, 5) is 14.1. The zero-order chi connectivity index (χ0) is 13.8. The predicted octanol–water partition coefficient (Wildman–Crippen LogP) is 3.31. The van der Waals surface area contributed by atoms with E-state index >= 15 is 0 Å². The lowest BCUT2D eigenvalue weighted by molar-refractivity contribution is 0.0602. The SMILES string of the molecule is O=C(c1c(O)cccc1F)N1CCCCC1CCBr. The molecule has 1 aliphatic heterocycles. The summed E-state index contributed by atoms with van der Waals surface area (Å²) in [6.07, 6.45) is 3.80. The second kappa shape index (κ2) is 6.37. The van der Waals surface area contributed by atoms with Crippen LogP contribution in [0.15, 0.2) is 18.2 Å². The molecule has 0 aromatic heterocycles. The van der Waals surface area contributed by atoms with Crippen LogP contribution in [0.2, 0.25) is 0 Å². The van der Waals surface area contributed by atoms with E-state index in [4.69, 9.17) is 0 Å². The minimum Gasteiger partial charge on any atom is -0.507 e. The highest BCUT2D eigenvalue weighted by Gasteiger charge is 2.30. The monoisotopic (exact) mass is 329 g/mol. The first-order valence-corrected chi connectivity index (χ1v) is 7.61. The van der Waals surface area contributed by atoms with Crippen molar-refractivity contribution in [3.63, 3.8) is 0 Å². The van der Waals surface area contributed by atoms with Gasteiger partial charge in [-0.05, 0) is 37.8 Å². The third-order valence-electron chi connectivity index (χ3n) is 3.54. The van der Waals surface area contributed by atoms with Crippen molar-refractivity contribution in [3.8, 4) is 5.75 Å². The van der Waals surface area contributed by atoms with Crippen molar-refractivity contribution in [3.05, 3.63) is 29.6 Å². The topological polar surface area (TPSA) is 40.5 Å². The number of benzene rings is 1. The number of hydrogen-bond donors (Lipinski definition) is 1. The van der Waals surface area contributed by atoms with Gasteiger partial charge in [-0.2, -0.15) is 0 Å². The van der Waals surface area contributed by atoms with Gasteiger partial charge in [0, 0.05) is 17.9 Å². The van der Waals surface area contributed by atoms with Crippen LogP contribution < -0.4 is 0 Å². The number of rotatable bonds is 3. The summed E-state index contributed by atoms with van der Waals surface area (Å²) in [6.45, 7) is 0.629. The van der Waals surface area contributed by atoms with Gasteiger partial charge in [0.25, 0.3) is 5.91 Å². The van der Waals surface area contributed by atoms with Crippen molar-refractivity contribution in [2.45, 2.75) is 31.7 Å². The van der Waals surface area contributed by atoms with Crippen LogP contribution >= 0.6 is 15.9 Å². The number of nitrogens with zero attached hydrogens (tertiary/aromatic N) is 1. The Morgan fingerprint density at radius 2 is 2.26 bits per heavy atom. The molecule has 1 aromatic rings. The number of carbonyl (C=O) groups excluding carboxylic acids is 1. The number of halogens is 2. The predicted molar refractivity (Wildman–Crippen MR) is 75.2 cm³/mol. The average molecular weight is 330 g/mol. The van der Waals surface area contributed by atoms with E-state index in [9.17, 15) is 14.3 Å². The number of phenols is 1. The number of alkyl halides is 1. The Morgan fingerprint density at radius 3 is 2.95 bits per heavy atom. The Labute approximate surface area is 120 Å². The smallest absolute Gasteiger partial charge is 0.260 e. The fourth-order valence-corrected chi connectivity index (χ4v) is 3.09. The highest BCUT2D eigenvalue weighted by atomic mass is 79.9. The van der Waals surface area contributed by atoms with Crippen molar-refractivity contribution in [2.75, 3.05) is 11.9 Å². The van der Waals surface area contributed by atoms with Gasteiger partial charge < -0.3 is 10.0 Å². The maximum Gasteiger partial charge on any atom is 0.260 e. The fraction of sp³-hybridized carbons (Fsp3) is 0.500. The van der Waals surface area contributed by atoms with E-state index in [-0.39, 0.29) is 17.4 Å². The number of amides is 1. The molecule has 0 aliphatic carbocycles. The molecular weight excluding hydrogens is 313 g/mol. The molecule has 1 amide bonds. The number of phenolic OH excluding ortho intramolecular Hbond substituents is 1. The summed E-state index contributed by atoms with van der Waals surface area (Å²) in [5, 5.41) is 10.5. The Balaban J connectivity index is 2.26. The molecule has 1 N–H and O–H groups in total. The first-order chi connectivity index (χ1) is 9.15. The molecule has 1 aromatic carbocycles. The van der Waals surface area contributed by atoms with Gasteiger partial charge in [0.05, 0.1) is 0 Å². The third kappa shape index (κ3) is 3.08. The molecule has 1 aliphatic rings. The molecule has 1 heterocycles. The maximum atomic E-state index is 13.8. The lowest BCUT2D eigenvalue weighted by atomic mass is 9.98. The van der Waals surface area contributed by atoms with Crippen molar-refractivity contribution in [2.24, 2.45) is 0 Å². The van der Waals surface area contributed by atoms with E-state index < -0.39 is 11.7 Å². The average Bonchev–Trinajstić information content (AvgIpc) is 2.39. The van der Waals surface area contributed by atoms with Gasteiger partial charge in [-0.25, -0.2) is 4.39 Å². The third-order valence-corrected chi connectivity index (χ3v) is 3.99. The van der Waals surface area contributed by atoms with Crippen LogP contribution in [-0.2, 0) is 0 Å². The standard InChI is InChI=1S/C14H17BrFNO2/c15-8-7-10-4-1-2-9-17(10)14(19)13-11(16)5-3-6-12(13)18/h3,5-6,10,18H,1-2,4,7-9H2. The molecule has 2 rings (SSSR count). The molecule has 1 saturated heterocycles. The fourth-order valence-electron chi connectivity index (χ4n) is 2.56. The van der Waals surface area contributed by atoms with Gasteiger partial charge in [0.1, 0.15) is 17.1 Å². The largest absolute Gasteiger partial charge is 0.507 e. The number of likely N-dealkylation sites (tertiary alicyclic amines) is 1. The number of carbonyl (C=O) groups is 1. The molecule has 3 nitrogen and oxygen atoms in total. The second-order valence-corrected chi connectivity index (χ2v) is 5.55. The van der Waals surface area contributed by atoms with Crippen molar-refractivity contribution in [1.82, 2.24) is 4.90 Å². The summed E-state index contributed by atoms with van der Waals surface area (Å²) in [7, 11) is 0. The number of aromatic hydroxyl groups is 1. The van der Waals surface area contributed by atoms with Gasteiger partial charge in [0.2, 0.25) is 0 Å². The first-order valence-electron chi connectivity index (χ1n) is 6.49. The molecule has 1 fully saturated rings. The van der Waals surface area contributed by atoms with Gasteiger partial charge in [-0.15, -0.1) is 0 Å². The van der Waals surface area contributed by atoms with Crippen molar-refractivity contribution in [1.29, 1.82) is 0 Å². The maximum absolute atomic E-state index is 13.8. The molecular formula is C14H17BrFNO2. The quantitative estimate of drug-likeness (QED) is 0.864. The number of hydrogen-bond acceptors (Lipinski definition) is 2. The van der Waals surface area contributed by atoms with Crippen LogP contribution in [0.25, 0.3) is 0 Å². The number of piperidine rings is 1. The van der Waals surface area contributed by atoms with E-state index in [1.54, 1.807) is 4.90 Å². The van der Waals surface area contributed by atoms with Crippen LogP contribution in [0.3, 0.4) is 0 Å². The van der Waals surface area contributed by atoms with E-state index in [1.807, 2.05) is 0 Å². The lowest BCUT2D eigenvalue weighted by Gasteiger charge is -2.35. The van der Waals surface area contributed by atoms with E-state index in [0.717, 1.165) is 31.0 Å². The Morgan fingerprint density at radius 1 is 1.47 bits per heavy atom. The molecule has 0 saturated carbocycles. The molecule has 104 valence electrons. The molecule has 1 unspecified atom stereocenters. The van der Waals surface area contributed by atoms with Crippen LogP contribution in [0.5, 0.6) is 5.75 Å². The molecule has 19 heavy (non-hydrogen) atoms. The summed E-state index contributed by atoms with van der Waals surface area (Å²) >= 11 is 3.39. The van der Waals surface area contributed by atoms with Crippen LogP contribution in [-0.4, -0.2) is 33.8 Å². The zero-order valence-electron chi connectivity index (χ0n) is 10.6. The van der Waals surface area contributed by atoms with Gasteiger partial charge >= 0.3 is 0 Å². The van der Waals surface area contributed by atoms with Crippen LogP contribution in [0, 0.1) is 5.82 Å². The lowest BCUT2D eigenvalue weighted by Crippen LogP contribution is -2.44. The van der Waals surface area contributed by atoms with Crippen LogP contribution in [0.4, 0.5) is 4.39 Å². The minimum atomic E-state index is -0.659. The van der Waals surface area contributed by atoms with Gasteiger partial charge in [-0.1, -0.05) is 22.0 Å². The Hall–Kier alpha value is -1.10. The second-order valence-electron chi connectivity index (χ2n) is 4.76. The molecule has 0 spiro atoms. The normalized spacial score (nSPS) is 19.5. The molecule has 1 atom stereocenters. The van der Waals surface area contributed by atoms with Crippen molar-refractivity contribution >= 4 is 21.8 Å². The molecule has 5 heteroatoms. The highest BCUT2D eigenvalue weighted by molar-refractivity contribution is 9.09. The Bertz CT molecular complexity index is 445.